The highest BCUT2D eigenvalue weighted by atomic mass is 31.1. The van der Waals surface area contributed by atoms with Crippen molar-refractivity contribution >= 4 is 18.5 Å². The third-order valence-electron chi connectivity index (χ3n) is 5.80. The number of hydrogen-bond donors (Lipinski definition) is 0. The molecule has 0 aliphatic rings. The summed E-state index contributed by atoms with van der Waals surface area (Å²) in [6, 6.07) is 38.5. The minimum absolute atomic E-state index is 0.260. The molecule has 0 aliphatic carbocycles. The van der Waals surface area contributed by atoms with E-state index in [0.29, 0.717) is 0 Å². The Kier molecular flexibility index (Phi) is 7.59. The Hall–Kier alpha value is -3.09. The molecule has 32 heavy (non-hydrogen) atoms. The van der Waals surface area contributed by atoms with Gasteiger partial charge in [-0.3, -0.25) is 0 Å². The maximum absolute atomic E-state index is 5.76. The van der Waals surface area contributed by atoms with Crippen LogP contribution in [0.15, 0.2) is 109 Å². The van der Waals surface area contributed by atoms with E-state index in [2.05, 4.69) is 97.1 Å². The average molecular weight is 441 g/mol. The highest BCUT2D eigenvalue weighted by Gasteiger charge is 2.23. The molecule has 0 amide bonds. The van der Waals surface area contributed by atoms with E-state index in [1.54, 1.807) is 14.2 Å². The molecule has 0 heterocycles. The highest BCUT2D eigenvalue weighted by molar-refractivity contribution is 7.73. The third-order valence-corrected chi connectivity index (χ3v) is 8.38. The van der Waals surface area contributed by atoms with Crippen LogP contribution in [0.25, 0.3) is 0 Å². The number of para-hydroxylation sites is 2. The summed E-state index contributed by atoms with van der Waals surface area (Å²) in [6.45, 7) is 0. The molecule has 162 valence electrons. The topological polar surface area (TPSA) is 18.5 Å². The number of methoxy groups -OCH3 is 2. The monoisotopic (exact) mass is 440 g/mol. The van der Waals surface area contributed by atoms with Crippen molar-refractivity contribution in [1.29, 1.82) is 0 Å². The standard InChI is InChI=1S/C29H29O2P/c1-30-27-18-10-9-17-26(27)25(23-13-5-3-6-14-23)21-22-32(24-15-7-4-8-16-24)29-20-12-11-19-28(29)31-2/h3-20,25H,21-22H2,1-2H3/t25-,32-/m1/s1. The molecule has 3 heteroatoms. The zero-order chi connectivity index (χ0) is 22.2. The predicted octanol–water partition coefficient (Wildman–Crippen LogP) is 6.36. The molecule has 4 aromatic rings. The zero-order valence-electron chi connectivity index (χ0n) is 18.6. The van der Waals surface area contributed by atoms with E-state index in [1.165, 1.54) is 21.7 Å². The Balaban J connectivity index is 1.72. The molecule has 4 rings (SSSR count). The molecule has 0 aromatic heterocycles. The van der Waals surface area contributed by atoms with Gasteiger partial charge in [-0.25, -0.2) is 0 Å². The Morgan fingerprint density at radius 3 is 1.88 bits per heavy atom. The fourth-order valence-electron chi connectivity index (χ4n) is 4.25. The molecular formula is C29H29O2P. The van der Waals surface area contributed by atoms with Crippen LogP contribution in [0.4, 0.5) is 0 Å². The van der Waals surface area contributed by atoms with E-state index in [-0.39, 0.29) is 5.92 Å². The number of hydrogen-bond acceptors (Lipinski definition) is 2. The lowest BCUT2D eigenvalue weighted by molar-refractivity contribution is 0.407. The molecule has 0 radical (unpaired) electrons. The molecule has 2 atom stereocenters. The van der Waals surface area contributed by atoms with E-state index < -0.39 is 7.92 Å². The smallest absolute Gasteiger partial charge is 0.126 e. The van der Waals surface area contributed by atoms with Gasteiger partial charge in [0, 0.05) is 16.8 Å². The number of benzene rings is 4. The summed E-state index contributed by atoms with van der Waals surface area (Å²) in [4.78, 5) is 0. The van der Waals surface area contributed by atoms with Crippen LogP contribution in [0.2, 0.25) is 0 Å². The molecule has 0 N–H and O–H groups in total. The number of rotatable bonds is 9. The van der Waals surface area contributed by atoms with Gasteiger partial charge in [0.25, 0.3) is 0 Å². The zero-order valence-corrected chi connectivity index (χ0v) is 19.5. The van der Waals surface area contributed by atoms with Gasteiger partial charge in [0.15, 0.2) is 0 Å². The van der Waals surface area contributed by atoms with E-state index in [0.717, 1.165) is 24.1 Å². The van der Waals surface area contributed by atoms with Gasteiger partial charge in [0.2, 0.25) is 0 Å². The fraction of sp³-hybridized carbons (Fsp3) is 0.172. The van der Waals surface area contributed by atoms with Crippen molar-refractivity contribution in [2.45, 2.75) is 12.3 Å². The van der Waals surface area contributed by atoms with Crippen molar-refractivity contribution < 1.29 is 9.47 Å². The Labute approximate surface area is 192 Å². The molecule has 0 unspecified atom stereocenters. The van der Waals surface area contributed by atoms with Crippen molar-refractivity contribution in [3.05, 3.63) is 120 Å². The van der Waals surface area contributed by atoms with Crippen LogP contribution in [0.5, 0.6) is 11.5 Å². The lowest BCUT2D eigenvalue weighted by Crippen LogP contribution is -2.17. The minimum Gasteiger partial charge on any atom is -0.496 e. The highest BCUT2D eigenvalue weighted by Crippen LogP contribution is 2.42. The Morgan fingerprint density at radius 2 is 1.19 bits per heavy atom. The molecular weight excluding hydrogens is 411 g/mol. The van der Waals surface area contributed by atoms with Crippen molar-refractivity contribution in [1.82, 2.24) is 0 Å². The lowest BCUT2D eigenvalue weighted by atomic mass is 9.88. The quantitative estimate of drug-likeness (QED) is 0.282. The normalized spacial score (nSPS) is 12.7. The first-order valence-electron chi connectivity index (χ1n) is 10.9. The first kappa shape index (κ1) is 22.1. The van der Waals surface area contributed by atoms with Crippen LogP contribution in [-0.2, 0) is 0 Å². The van der Waals surface area contributed by atoms with E-state index in [1.807, 2.05) is 12.1 Å². The maximum Gasteiger partial charge on any atom is 0.126 e. The van der Waals surface area contributed by atoms with Crippen LogP contribution in [0, 0.1) is 0 Å². The molecule has 0 saturated carbocycles. The first-order valence-corrected chi connectivity index (χ1v) is 12.5. The molecule has 2 nitrogen and oxygen atoms in total. The van der Waals surface area contributed by atoms with Gasteiger partial charge in [0.05, 0.1) is 14.2 Å². The van der Waals surface area contributed by atoms with Gasteiger partial charge in [-0.1, -0.05) is 97.1 Å². The SMILES string of the molecule is COc1ccccc1[C@H](CC[P@](c1ccccc1)c1ccccc1OC)c1ccccc1. The first-order chi connectivity index (χ1) is 15.8. The number of ether oxygens (including phenoxy) is 2. The van der Waals surface area contributed by atoms with Crippen LogP contribution < -0.4 is 20.1 Å². The maximum atomic E-state index is 5.76. The van der Waals surface area contributed by atoms with Gasteiger partial charge in [-0.15, -0.1) is 0 Å². The van der Waals surface area contributed by atoms with Crippen LogP contribution in [0.1, 0.15) is 23.5 Å². The summed E-state index contributed by atoms with van der Waals surface area (Å²) in [5.41, 5.74) is 2.56. The predicted molar refractivity (Wildman–Crippen MR) is 136 cm³/mol. The van der Waals surface area contributed by atoms with Gasteiger partial charge in [-0.2, -0.15) is 0 Å². The summed E-state index contributed by atoms with van der Waals surface area (Å²) in [6.07, 6.45) is 2.07. The molecule has 0 aliphatic heterocycles. The van der Waals surface area contributed by atoms with Crippen molar-refractivity contribution in [3.63, 3.8) is 0 Å². The van der Waals surface area contributed by atoms with Crippen molar-refractivity contribution in [2.75, 3.05) is 20.4 Å². The third kappa shape index (κ3) is 5.03. The van der Waals surface area contributed by atoms with Gasteiger partial charge >= 0.3 is 0 Å². The molecule has 0 fully saturated rings. The van der Waals surface area contributed by atoms with E-state index in [9.17, 15) is 0 Å². The summed E-state index contributed by atoms with van der Waals surface area (Å²) < 4.78 is 11.5. The van der Waals surface area contributed by atoms with Gasteiger partial charge < -0.3 is 9.47 Å². The van der Waals surface area contributed by atoms with Gasteiger partial charge in [-0.05, 0) is 43.5 Å². The second kappa shape index (κ2) is 11.0. The van der Waals surface area contributed by atoms with Crippen LogP contribution in [-0.4, -0.2) is 20.4 Å². The summed E-state index contributed by atoms with van der Waals surface area (Å²) in [5.74, 6) is 2.18. The van der Waals surface area contributed by atoms with Crippen LogP contribution >= 0.6 is 7.92 Å². The molecule has 0 spiro atoms. The molecule has 4 aromatic carbocycles. The Bertz CT molecular complexity index is 1020. The summed E-state index contributed by atoms with van der Waals surface area (Å²) in [5, 5.41) is 2.67. The lowest BCUT2D eigenvalue weighted by Gasteiger charge is -2.25. The minimum atomic E-state index is -0.570. The second-order valence-corrected chi connectivity index (χ2v) is 9.95. The summed E-state index contributed by atoms with van der Waals surface area (Å²) in [7, 11) is 2.95. The van der Waals surface area contributed by atoms with Gasteiger partial charge in [0.1, 0.15) is 11.5 Å². The van der Waals surface area contributed by atoms with E-state index >= 15 is 0 Å². The fourth-order valence-corrected chi connectivity index (χ4v) is 6.77. The van der Waals surface area contributed by atoms with E-state index in [4.69, 9.17) is 9.47 Å². The van der Waals surface area contributed by atoms with Crippen molar-refractivity contribution in [3.8, 4) is 11.5 Å². The average Bonchev–Trinajstić information content (AvgIpc) is 2.88. The Morgan fingerprint density at radius 1 is 0.625 bits per heavy atom. The van der Waals surface area contributed by atoms with Crippen molar-refractivity contribution in [2.24, 2.45) is 0 Å². The second-order valence-electron chi connectivity index (χ2n) is 7.65. The van der Waals surface area contributed by atoms with Crippen LogP contribution in [0.3, 0.4) is 0 Å². The molecule has 0 bridgehead atoms. The summed E-state index contributed by atoms with van der Waals surface area (Å²) >= 11 is 0. The largest absolute Gasteiger partial charge is 0.496 e. The molecule has 0 saturated heterocycles.